The van der Waals surface area contributed by atoms with Gasteiger partial charge in [0.25, 0.3) is 0 Å². The molecule has 0 fully saturated rings. The molecule has 0 aliphatic heterocycles. The predicted molar refractivity (Wildman–Crippen MR) is 69.5 cm³/mol. The van der Waals surface area contributed by atoms with Crippen LogP contribution in [-0.2, 0) is 11.3 Å². The number of nitrogens with two attached hydrogens (primary N) is 1. The van der Waals surface area contributed by atoms with Crippen LogP contribution in [0.2, 0.25) is 0 Å². The number of amidine groups is 1. The molecule has 0 saturated heterocycles. The molecule has 0 bridgehead atoms. The summed E-state index contributed by atoms with van der Waals surface area (Å²) in [5.74, 6) is 0.00840. The number of oxime groups is 1. The maximum Gasteiger partial charge on any atom is 0.188 e. The standard InChI is InChI=1S/C12H20N4O2/c1-12(2,18-3)8-14-7-9-4-5-15-10(6-9)11(13)16-17/h4-6,14,17H,7-8H2,1-3H3,(H2,13,16). The van der Waals surface area contributed by atoms with Gasteiger partial charge in [0.15, 0.2) is 5.84 Å². The Morgan fingerprint density at radius 1 is 1.61 bits per heavy atom. The van der Waals surface area contributed by atoms with Gasteiger partial charge >= 0.3 is 0 Å². The van der Waals surface area contributed by atoms with Crippen molar-refractivity contribution in [2.24, 2.45) is 10.9 Å². The Morgan fingerprint density at radius 2 is 2.33 bits per heavy atom. The van der Waals surface area contributed by atoms with E-state index in [1.165, 1.54) is 0 Å². The van der Waals surface area contributed by atoms with Gasteiger partial charge in [-0.15, -0.1) is 0 Å². The highest BCUT2D eigenvalue weighted by Crippen LogP contribution is 2.06. The lowest BCUT2D eigenvalue weighted by Crippen LogP contribution is -2.36. The summed E-state index contributed by atoms with van der Waals surface area (Å²) in [4.78, 5) is 4.01. The Kier molecular flexibility index (Phi) is 5.06. The van der Waals surface area contributed by atoms with Crippen molar-refractivity contribution >= 4 is 5.84 Å². The predicted octanol–water partition coefficient (Wildman–Crippen LogP) is 0.691. The first-order valence-corrected chi connectivity index (χ1v) is 5.67. The summed E-state index contributed by atoms with van der Waals surface area (Å²) in [6.07, 6.45) is 1.63. The molecule has 0 unspecified atom stereocenters. The van der Waals surface area contributed by atoms with Gasteiger partial charge in [0.1, 0.15) is 5.69 Å². The number of nitrogens with one attached hydrogen (secondary N) is 1. The van der Waals surface area contributed by atoms with E-state index in [0.717, 1.165) is 12.1 Å². The molecule has 18 heavy (non-hydrogen) atoms. The first-order chi connectivity index (χ1) is 8.48. The Balaban J connectivity index is 2.58. The number of hydrogen-bond acceptors (Lipinski definition) is 5. The molecule has 0 amide bonds. The molecule has 0 radical (unpaired) electrons. The first kappa shape index (κ1) is 14.4. The molecule has 0 aliphatic carbocycles. The molecule has 4 N–H and O–H groups in total. The van der Waals surface area contributed by atoms with Gasteiger partial charge in [-0.2, -0.15) is 0 Å². The fraction of sp³-hybridized carbons (Fsp3) is 0.500. The number of pyridine rings is 1. The zero-order valence-corrected chi connectivity index (χ0v) is 11.0. The van der Waals surface area contributed by atoms with E-state index in [4.69, 9.17) is 15.7 Å². The van der Waals surface area contributed by atoms with Gasteiger partial charge in [-0.1, -0.05) is 5.16 Å². The average molecular weight is 252 g/mol. The highest BCUT2D eigenvalue weighted by atomic mass is 16.5. The minimum Gasteiger partial charge on any atom is -0.409 e. The Morgan fingerprint density at radius 3 is 2.94 bits per heavy atom. The maximum absolute atomic E-state index is 8.58. The van der Waals surface area contributed by atoms with E-state index in [9.17, 15) is 0 Å². The minimum atomic E-state index is -0.207. The van der Waals surface area contributed by atoms with Crippen LogP contribution >= 0.6 is 0 Å². The van der Waals surface area contributed by atoms with Gasteiger partial charge in [0.05, 0.1) is 5.60 Å². The molecule has 0 saturated carbocycles. The highest BCUT2D eigenvalue weighted by Gasteiger charge is 2.15. The average Bonchev–Trinajstić information content (AvgIpc) is 2.38. The van der Waals surface area contributed by atoms with Gasteiger partial charge in [-0.3, -0.25) is 4.98 Å². The van der Waals surface area contributed by atoms with Gasteiger partial charge in [-0.05, 0) is 31.5 Å². The largest absolute Gasteiger partial charge is 0.409 e. The van der Waals surface area contributed by atoms with Gasteiger partial charge in [-0.25, -0.2) is 0 Å². The van der Waals surface area contributed by atoms with Crippen molar-refractivity contribution in [1.82, 2.24) is 10.3 Å². The van der Waals surface area contributed by atoms with Crippen molar-refractivity contribution in [3.8, 4) is 0 Å². The number of aromatic nitrogens is 1. The Labute approximate surface area is 107 Å². The monoisotopic (exact) mass is 252 g/mol. The zero-order chi connectivity index (χ0) is 13.6. The molecular formula is C12H20N4O2. The summed E-state index contributed by atoms with van der Waals surface area (Å²) >= 11 is 0. The summed E-state index contributed by atoms with van der Waals surface area (Å²) in [5.41, 5.74) is 6.75. The molecule has 0 aromatic carbocycles. The van der Waals surface area contributed by atoms with Crippen LogP contribution in [0.5, 0.6) is 0 Å². The van der Waals surface area contributed by atoms with Crippen molar-refractivity contribution in [3.63, 3.8) is 0 Å². The molecule has 1 rings (SSSR count). The fourth-order valence-corrected chi connectivity index (χ4v) is 1.36. The molecule has 100 valence electrons. The van der Waals surface area contributed by atoms with E-state index < -0.39 is 0 Å². The summed E-state index contributed by atoms with van der Waals surface area (Å²) in [7, 11) is 1.69. The van der Waals surface area contributed by atoms with Gasteiger partial charge in [0.2, 0.25) is 0 Å². The van der Waals surface area contributed by atoms with E-state index in [0.29, 0.717) is 12.2 Å². The molecule has 0 aliphatic rings. The number of methoxy groups -OCH3 is 1. The third-order valence-electron chi connectivity index (χ3n) is 2.63. The summed E-state index contributed by atoms with van der Waals surface area (Å²) in [5, 5.41) is 14.8. The number of rotatable bonds is 6. The van der Waals surface area contributed by atoms with Crippen molar-refractivity contribution in [1.29, 1.82) is 0 Å². The first-order valence-electron chi connectivity index (χ1n) is 5.67. The molecular weight excluding hydrogens is 232 g/mol. The van der Waals surface area contributed by atoms with Crippen LogP contribution in [0.1, 0.15) is 25.1 Å². The van der Waals surface area contributed by atoms with Crippen LogP contribution in [0.15, 0.2) is 23.5 Å². The lowest BCUT2D eigenvalue weighted by atomic mass is 10.1. The van der Waals surface area contributed by atoms with Crippen LogP contribution in [0, 0.1) is 0 Å². The molecule has 0 spiro atoms. The molecule has 6 heteroatoms. The lowest BCUT2D eigenvalue weighted by Gasteiger charge is -2.23. The minimum absolute atomic E-state index is 0.00840. The number of hydrogen-bond donors (Lipinski definition) is 3. The molecule has 1 aromatic rings. The number of nitrogens with zero attached hydrogens (tertiary/aromatic N) is 2. The van der Waals surface area contributed by atoms with E-state index in [1.54, 1.807) is 19.4 Å². The Hall–Kier alpha value is -1.66. The third kappa shape index (κ3) is 4.31. The van der Waals surface area contributed by atoms with Crippen LogP contribution in [0.4, 0.5) is 0 Å². The normalized spacial score (nSPS) is 12.7. The summed E-state index contributed by atoms with van der Waals surface area (Å²) in [6.45, 7) is 5.41. The molecule has 1 heterocycles. The van der Waals surface area contributed by atoms with Crippen molar-refractivity contribution in [3.05, 3.63) is 29.6 Å². The maximum atomic E-state index is 8.58. The van der Waals surface area contributed by atoms with E-state index in [-0.39, 0.29) is 11.4 Å². The van der Waals surface area contributed by atoms with Crippen molar-refractivity contribution in [2.75, 3.05) is 13.7 Å². The summed E-state index contributed by atoms with van der Waals surface area (Å²) in [6, 6.07) is 3.66. The summed E-state index contributed by atoms with van der Waals surface area (Å²) < 4.78 is 5.31. The van der Waals surface area contributed by atoms with Crippen molar-refractivity contribution < 1.29 is 9.94 Å². The van der Waals surface area contributed by atoms with E-state index in [1.807, 2.05) is 19.9 Å². The smallest absolute Gasteiger partial charge is 0.188 e. The van der Waals surface area contributed by atoms with Crippen LogP contribution in [0.3, 0.4) is 0 Å². The van der Waals surface area contributed by atoms with Gasteiger partial charge < -0.3 is 21.0 Å². The van der Waals surface area contributed by atoms with E-state index in [2.05, 4.69) is 15.5 Å². The van der Waals surface area contributed by atoms with Crippen LogP contribution in [0.25, 0.3) is 0 Å². The number of ether oxygens (including phenoxy) is 1. The highest BCUT2D eigenvalue weighted by molar-refractivity contribution is 5.95. The SMILES string of the molecule is COC(C)(C)CNCc1ccnc(/C(N)=N/O)c1. The zero-order valence-electron chi connectivity index (χ0n) is 11.0. The quantitative estimate of drug-likeness (QED) is 0.300. The van der Waals surface area contributed by atoms with Crippen LogP contribution in [-0.4, -0.2) is 35.3 Å². The van der Waals surface area contributed by atoms with Gasteiger partial charge in [0, 0.05) is 26.4 Å². The second kappa shape index (κ2) is 6.32. The second-order valence-electron chi connectivity index (χ2n) is 4.60. The fourth-order valence-electron chi connectivity index (χ4n) is 1.36. The molecule has 1 aromatic heterocycles. The molecule has 6 nitrogen and oxygen atoms in total. The van der Waals surface area contributed by atoms with E-state index >= 15 is 0 Å². The molecule has 0 atom stereocenters. The topological polar surface area (TPSA) is 92.8 Å². The van der Waals surface area contributed by atoms with Crippen LogP contribution < -0.4 is 11.1 Å². The van der Waals surface area contributed by atoms with Crippen molar-refractivity contribution in [2.45, 2.75) is 26.0 Å². The second-order valence-corrected chi connectivity index (χ2v) is 4.60. The Bertz CT molecular complexity index is 418. The lowest BCUT2D eigenvalue weighted by molar-refractivity contribution is 0.0230. The third-order valence-corrected chi connectivity index (χ3v) is 2.63.